The number of ether oxygens (including phenoxy) is 1. The third-order valence-electron chi connectivity index (χ3n) is 3.41. The van der Waals surface area contributed by atoms with Crippen LogP contribution >= 0.6 is 0 Å². The number of hydrogen-bond donors (Lipinski definition) is 2. The fourth-order valence-electron chi connectivity index (χ4n) is 2.39. The highest BCUT2D eigenvalue weighted by Gasteiger charge is 2.31. The highest BCUT2D eigenvalue weighted by Crippen LogP contribution is 2.22. The van der Waals surface area contributed by atoms with E-state index in [1.165, 1.54) is 12.8 Å². The maximum Gasteiger partial charge on any atom is 0.237 e. The van der Waals surface area contributed by atoms with Crippen molar-refractivity contribution >= 4 is 5.91 Å². The number of amides is 1. The normalized spacial score (nSPS) is 20.7. The smallest absolute Gasteiger partial charge is 0.237 e. The lowest BCUT2D eigenvalue weighted by Gasteiger charge is -2.30. The first-order valence-electron chi connectivity index (χ1n) is 6.63. The highest BCUT2D eigenvalue weighted by atomic mass is 16.5. The molecule has 0 aliphatic heterocycles. The third kappa shape index (κ3) is 4.64. The fraction of sp³-hybridized carbons (Fsp3) is 0.923. The Bertz CT molecular complexity index is 250. The molecule has 100 valence electrons. The molecule has 0 aromatic heterocycles. The lowest BCUT2D eigenvalue weighted by molar-refractivity contribution is -0.125. The molecule has 1 fully saturated rings. The number of carbonyl (C=O) groups is 1. The minimum atomic E-state index is -0.660. The summed E-state index contributed by atoms with van der Waals surface area (Å²) in [4.78, 5) is 11.5. The number of carbonyl (C=O) groups excluding carboxylic acids is 1. The van der Waals surface area contributed by atoms with Gasteiger partial charge < -0.3 is 15.8 Å². The van der Waals surface area contributed by atoms with Crippen LogP contribution in [0.25, 0.3) is 0 Å². The summed E-state index contributed by atoms with van der Waals surface area (Å²) >= 11 is 0. The van der Waals surface area contributed by atoms with E-state index in [4.69, 9.17) is 10.5 Å². The van der Waals surface area contributed by atoms with Crippen LogP contribution in [0.4, 0.5) is 0 Å². The SMILES string of the molecule is CC(C)NC(C)(CCOC1CCCC1)C(N)=O. The van der Waals surface area contributed by atoms with Gasteiger partial charge in [0.25, 0.3) is 0 Å². The van der Waals surface area contributed by atoms with Gasteiger partial charge >= 0.3 is 0 Å². The van der Waals surface area contributed by atoms with Crippen molar-refractivity contribution in [3.8, 4) is 0 Å². The number of rotatable bonds is 7. The second-order valence-corrected chi connectivity index (χ2v) is 5.52. The van der Waals surface area contributed by atoms with Crippen LogP contribution in [0, 0.1) is 0 Å². The standard InChI is InChI=1S/C13H26N2O2/c1-10(2)15-13(3,12(14)16)8-9-17-11-6-4-5-7-11/h10-11,15H,4-9H2,1-3H3,(H2,14,16). The van der Waals surface area contributed by atoms with Crippen LogP contribution in [0.2, 0.25) is 0 Å². The summed E-state index contributed by atoms with van der Waals surface area (Å²) in [6.45, 7) is 6.48. The molecule has 17 heavy (non-hydrogen) atoms. The molecule has 0 aromatic rings. The Hall–Kier alpha value is -0.610. The number of nitrogens with two attached hydrogens (primary N) is 1. The molecule has 0 aromatic carbocycles. The molecule has 1 rings (SSSR count). The van der Waals surface area contributed by atoms with Gasteiger partial charge in [-0.15, -0.1) is 0 Å². The molecule has 0 radical (unpaired) electrons. The van der Waals surface area contributed by atoms with Crippen LogP contribution < -0.4 is 11.1 Å². The van der Waals surface area contributed by atoms with Gasteiger partial charge in [0.2, 0.25) is 5.91 Å². The quantitative estimate of drug-likeness (QED) is 0.712. The average molecular weight is 242 g/mol. The van der Waals surface area contributed by atoms with Gasteiger partial charge in [-0.1, -0.05) is 12.8 Å². The molecule has 1 aliphatic carbocycles. The molecular formula is C13H26N2O2. The van der Waals surface area contributed by atoms with Gasteiger partial charge in [-0.25, -0.2) is 0 Å². The van der Waals surface area contributed by atoms with E-state index in [1.807, 2.05) is 20.8 Å². The van der Waals surface area contributed by atoms with Crippen molar-refractivity contribution < 1.29 is 9.53 Å². The van der Waals surface area contributed by atoms with E-state index in [0.717, 1.165) is 12.8 Å². The first-order chi connectivity index (χ1) is 7.94. The van der Waals surface area contributed by atoms with Crippen molar-refractivity contribution in [1.29, 1.82) is 0 Å². The van der Waals surface area contributed by atoms with E-state index in [-0.39, 0.29) is 11.9 Å². The number of primary amides is 1. The van der Waals surface area contributed by atoms with E-state index in [9.17, 15) is 4.79 Å². The van der Waals surface area contributed by atoms with Crippen LogP contribution in [-0.4, -0.2) is 30.2 Å². The van der Waals surface area contributed by atoms with Crippen molar-refractivity contribution in [3.05, 3.63) is 0 Å². The number of nitrogens with one attached hydrogen (secondary N) is 1. The van der Waals surface area contributed by atoms with Crippen LogP contribution in [0.1, 0.15) is 52.9 Å². The summed E-state index contributed by atoms with van der Waals surface area (Å²) in [5.74, 6) is -0.304. The minimum Gasteiger partial charge on any atom is -0.378 e. The molecule has 1 aliphatic rings. The Morgan fingerprint density at radius 3 is 2.53 bits per heavy atom. The zero-order valence-electron chi connectivity index (χ0n) is 11.3. The van der Waals surface area contributed by atoms with E-state index in [2.05, 4.69) is 5.32 Å². The lowest BCUT2D eigenvalue weighted by Crippen LogP contribution is -2.56. The molecule has 1 unspecified atom stereocenters. The summed E-state index contributed by atoms with van der Waals surface area (Å²) < 4.78 is 5.78. The molecular weight excluding hydrogens is 216 g/mol. The highest BCUT2D eigenvalue weighted by molar-refractivity contribution is 5.84. The zero-order valence-corrected chi connectivity index (χ0v) is 11.3. The van der Waals surface area contributed by atoms with E-state index >= 15 is 0 Å². The molecule has 3 N–H and O–H groups in total. The molecule has 1 amide bonds. The van der Waals surface area contributed by atoms with Crippen LogP contribution in [0.3, 0.4) is 0 Å². The van der Waals surface area contributed by atoms with Crippen LogP contribution in [-0.2, 0) is 9.53 Å². The fourth-order valence-corrected chi connectivity index (χ4v) is 2.39. The maximum atomic E-state index is 11.5. The second-order valence-electron chi connectivity index (χ2n) is 5.52. The van der Waals surface area contributed by atoms with Gasteiger partial charge in [-0.3, -0.25) is 4.79 Å². The van der Waals surface area contributed by atoms with Crippen molar-refractivity contribution in [1.82, 2.24) is 5.32 Å². The minimum absolute atomic E-state index is 0.235. The Balaban J connectivity index is 2.35. The van der Waals surface area contributed by atoms with Crippen molar-refractivity contribution in [2.24, 2.45) is 5.73 Å². The van der Waals surface area contributed by atoms with Crippen molar-refractivity contribution in [2.45, 2.75) is 70.6 Å². The molecule has 1 saturated carbocycles. The molecule has 0 saturated heterocycles. The Morgan fingerprint density at radius 2 is 2.06 bits per heavy atom. The molecule has 4 nitrogen and oxygen atoms in total. The Morgan fingerprint density at radius 1 is 1.47 bits per heavy atom. The Kier molecular flexibility index (Phi) is 5.40. The lowest BCUT2D eigenvalue weighted by atomic mass is 9.96. The van der Waals surface area contributed by atoms with Crippen molar-refractivity contribution in [2.75, 3.05) is 6.61 Å². The van der Waals surface area contributed by atoms with Crippen molar-refractivity contribution in [3.63, 3.8) is 0 Å². The van der Waals surface area contributed by atoms with Gasteiger partial charge in [0.05, 0.1) is 11.6 Å². The largest absolute Gasteiger partial charge is 0.378 e. The monoisotopic (exact) mass is 242 g/mol. The summed E-state index contributed by atoms with van der Waals surface area (Å²) in [6.07, 6.45) is 5.88. The number of hydrogen-bond acceptors (Lipinski definition) is 3. The van der Waals surface area contributed by atoms with Gasteiger partial charge in [0, 0.05) is 12.6 Å². The summed E-state index contributed by atoms with van der Waals surface area (Å²) in [5.41, 5.74) is 4.80. The maximum absolute atomic E-state index is 11.5. The molecule has 1 atom stereocenters. The summed E-state index contributed by atoms with van der Waals surface area (Å²) in [5, 5.41) is 3.23. The van der Waals surface area contributed by atoms with Gasteiger partial charge in [0.15, 0.2) is 0 Å². The molecule has 0 spiro atoms. The van der Waals surface area contributed by atoms with Crippen LogP contribution in [0.15, 0.2) is 0 Å². The van der Waals surface area contributed by atoms with E-state index in [1.54, 1.807) is 0 Å². The topological polar surface area (TPSA) is 64.3 Å². The van der Waals surface area contributed by atoms with Gasteiger partial charge in [-0.05, 0) is 40.0 Å². The zero-order chi connectivity index (χ0) is 12.9. The van der Waals surface area contributed by atoms with E-state index < -0.39 is 5.54 Å². The van der Waals surface area contributed by atoms with E-state index in [0.29, 0.717) is 19.1 Å². The Labute approximate surface area is 104 Å². The second kappa shape index (κ2) is 6.36. The predicted octanol–water partition coefficient (Wildman–Crippen LogP) is 1.58. The average Bonchev–Trinajstić information content (AvgIpc) is 2.69. The van der Waals surface area contributed by atoms with Gasteiger partial charge in [0.1, 0.15) is 0 Å². The first-order valence-corrected chi connectivity index (χ1v) is 6.63. The molecule has 0 heterocycles. The third-order valence-corrected chi connectivity index (χ3v) is 3.41. The van der Waals surface area contributed by atoms with Crippen LogP contribution in [0.5, 0.6) is 0 Å². The summed E-state index contributed by atoms with van der Waals surface area (Å²) in [7, 11) is 0. The molecule has 0 bridgehead atoms. The molecule has 4 heteroatoms. The first kappa shape index (κ1) is 14.5. The summed E-state index contributed by atoms with van der Waals surface area (Å²) in [6, 6.07) is 0.235. The predicted molar refractivity (Wildman–Crippen MR) is 68.7 cm³/mol. The van der Waals surface area contributed by atoms with Gasteiger partial charge in [-0.2, -0.15) is 0 Å².